The number of halogens is 2. The van der Waals surface area contributed by atoms with Crippen molar-refractivity contribution in [3.05, 3.63) is 41.7 Å². The van der Waals surface area contributed by atoms with Gasteiger partial charge < -0.3 is 15.7 Å². The monoisotopic (exact) mass is 483 g/mol. The van der Waals surface area contributed by atoms with Crippen molar-refractivity contribution in [2.24, 2.45) is 16.2 Å². The normalized spacial score (nSPS) is 26.7. The molecule has 0 spiro atoms. The van der Waals surface area contributed by atoms with Crippen molar-refractivity contribution < 1.29 is 26.5 Å². The number of aliphatic hydroxyl groups excluding tert-OH is 1. The Labute approximate surface area is 188 Å². The van der Waals surface area contributed by atoms with Crippen molar-refractivity contribution in [3.63, 3.8) is 0 Å². The van der Waals surface area contributed by atoms with Gasteiger partial charge in [-0.05, 0) is 37.0 Å². The van der Waals surface area contributed by atoms with Crippen molar-refractivity contribution >= 4 is 27.6 Å². The number of hydrogen-bond acceptors (Lipinski definition) is 10. The van der Waals surface area contributed by atoms with Crippen LogP contribution in [0.1, 0.15) is 30.7 Å². The minimum atomic E-state index is -4.10. The summed E-state index contributed by atoms with van der Waals surface area (Å²) in [6.45, 7) is -0.239. The molecular formula is C19H23F2N7O4S. The van der Waals surface area contributed by atoms with Crippen LogP contribution in [-0.2, 0) is 14.5 Å². The maximum Gasteiger partial charge on any atom is 0.333 e. The molecule has 2 aromatic rings. The Hall–Kier alpha value is -2.81. The van der Waals surface area contributed by atoms with E-state index in [1.54, 1.807) is 0 Å². The van der Waals surface area contributed by atoms with Crippen molar-refractivity contribution in [3.8, 4) is 0 Å². The number of aliphatic hydroxyl groups is 1. The van der Waals surface area contributed by atoms with Crippen LogP contribution in [0.2, 0.25) is 0 Å². The molecule has 1 aromatic heterocycles. The SMILES string of the molecule is N=Nc1c(N[C@H]2CC(O)[C@H](COS(N)(=O)=O)C2)ncnc1N[C@@H]1C[C@H]1c1ccc(F)c(F)c1. The summed E-state index contributed by atoms with van der Waals surface area (Å²) < 4.78 is 53.3. The number of benzene rings is 1. The first-order valence-corrected chi connectivity index (χ1v) is 11.7. The van der Waals surface area contributed by atoms with Gasteiger partial charge in [0.05, 0.1) is 12.7 Å². The van der Waals surface area contributed by atoms with Crippen molar-refractivity contribution in [2.75, 3.05) is 17.2 Å². The topological polar surface area (TPSA) is 176 Å². The fraction of sp³-hybridized carbons (Fsp3) is 0.474. The molecule has 4 rings (SSSR count). The molecule has 2 aliphatic carbocycles. The third kappa shape index (κ3) is 5.58. The number of aromatic nitrogens is 2. The van der Waals surface area contributed by atoms with Crippen LogP contribution < -0.4 is 15.8 Å². The molecule has 1 heterocycles. The first-order chi connectivity index (χ1) is 15.6. The van der Waals surface area contributed by atoms with E-state index in [4.69, 9.17) is 10.7 Å². The van der Waals surface area contributed by atoms with E-state index in [1.807, 2.05) is 0 Å². The molecule has 14 heteroatoms. The van der Waals surface area contributed by atoms with Gasteiger partial charge in [-0.1, -0.05) is 6.07 Å². The molecular weight excluding hydrogens is 460 g/mol. The summed E-state index contributed by atoms with van der Waals surface area (Å²) in [7, 11) is -4.10. The summed E-state index contributed by atoms with van der Waals surface area (Å²) in [6.07, 6.45) is 1.87. The summed E-state index contributed by atoms with van der Waals surface area (Å²) in [6, 6.07) is 3.44. The lowest BCUT2D eigenvalue weighted by atomic mass is 10.1. The number of nitrogens with one attached hydrogen (secondary N) is 3. The molecule has 2 fully saturated rings. The maximum absolute atomic E-state index is 13.5. The molecule has 5 atom stereocenters. The van der Waals surface area contributed by atoms with Gasteiger partial charge in [0.15, 0.2) is 29.0 Å². The lowest BCUT2D eigenvalue weighted by Gasteiger charge is -2.16. The van der Waals surface area contributed by atoms with E-state index in [9.17, 15) is 22.3 Å². The molecule has 0 radical (unpaired) electrons. The Morgan fingerprint density at radius 3 is 2.58 bits per heavy atom. The molecule has 33 heavy (non-hydrogen) atoms. The van der Waals surface area contributed by atoms with Crippen LogP contribution in [0.5, 0.6) is 0 Å². The van der Waals surface area contributed by atoms with Gasteiger partial charge in [-0.15, -0.1) is 0 Å². The smallest absolute Gasteiger partial charge is 0.333 e. The fourth-order valence-corrected chi connectivity index (χ4v) is 4.48. The van der Waals surface area contributed by atoms with Gasteiger partial charge in [-0.3, -0.25) is 4.18 Å². The number of anilines is 2. The predicted molar refractivity (Wildman–Crippen MR) is 113 cm³/mol. The number of hydrogen-bond donors (Lipinski definition) is 5. The van der Waals surface area contributed by atoms with Gasteiger partial charge in [0.1, 0.15) is 6.33 Å². The zero-order chi connectivity index (χ0) is 23.8. The largest absolute Gasteiger partial charge is 0.393 e. The molecule has 11 nitrogen and oxygen atoms in total. The van der Waals surface area contributed by atoms with Gasteiger partial charge in [0, 0.05) is 23.9 Å². The van der Waals surface area contributed by atoms with Gasteiger partial charge >= 0.3 is 10.3 Å². The van der Waals surface area contributed by atoms with E-state index in [1.165, 1.54) is 18.5 Å². The van der Waals surface area contributed by atoms with Crippen molar-refractivity contribution in [1.29, 1.82) is 5.53 Å². The lowest BCUT2D eigenvalue weighted by molar-refractivity contribution is 0.101. The number of nitrogens with zero attached hydrogens (tertiary/aromatic N) is 3. The summed E-state index contributed by atoms with van der Waals surface area (Å²) in [4.78, 5) is 8.29. The maximum atomic E-state index is 13.5. The van der Waals surface area contributed by atoms with Crippen LogP contribution in [0.15, 0.2) is 29.6 Å². The fourth-order valence-electron chi connectivity index (χ4n) is 4.11. The Balaban J connectivity index is 1.41. The third-order valence-corrected chi connectivity index (χ3v) is 6.33. The Morgan fingerprint density at radius 1 is 1.18 bits per heavy atom. The van der Waals surface area contributed by atoms with Gasteiger partial charge in [0.25, 0.3) is 0 Å². The summed E-state index contributed by atoms with van der Waals surface area (Å²) in [5, 5.41) is 24.9. The number of nitrogens with two attached hydrogens (primary N) is 1. The van der Waals surface area contributed by atoms with Crippen LogP contribution in [0, 0.1) is 23.1 Å². The average molecular weight is 484 g/mol. The quantitative estimate of drug-likeness (QED) is 0.337. The van der Waals surface area contributed by atoms with Crippen LogP contribution in [0.3, 0.4) is 0 Å². The van der Waals surface area contributed by atoms with Gasteiger partial charge in [-0.2, -0.15) is 13.5 Å². The lowest BCUT2D eigenvalue weighted by Crippen LogP contribution is -2.24. The molecule has 0 aliphatic heterocycles. The molecule has 2 saturated carbocycles. The highest BCUT2D eigenvalue weighted by molar-refractivity contribution is 7.84. The Bertz CT molecular complexity index is 1150. The number of rotatable bonds is 9. The Kier molecular flexibility index (Phi) is 6.52. The first kappa shape index (κ1) is 23.4. The molecule has 1 aromatic carbocycles. The summed E-state index contributed by atoms with van der Waals surface area (Å²) in [5.41, 5.74) is 8.39. The van der Waals surface area contributed by atoms with Crippen LogP contribution >= 0.6 is 0 Å². The van der Waals surface area contributed by atoms with E-state index < -0.39 is 34.0 Å². The van der Waals surface area contributed by atoms with E-state index in [2.05, 4.69) is 29.9 Å². The second kappa shape index (κ2) is 9.21. The molecule has 1 unspecified atom stereocenters. The third-order valence-electron chi connectivity index (χ3n) is 5.86. The van der Waals surface area contributed by atoms with Crippen LogP contribution in [-0.4, -0.2) is 48.3 Å². The minimum absolute atomic E-state index is 0.0328. The highest BCUT2D eigenvalue weighted by atomic mass is 32.2. The van der Waals surface area contributed by atoms with Crippen molar-refractivity contribution in [1.82, 2.24) is 9.97 Å². The Morgan fingerprint density at radius 2 is 1.91 bits per heavy atom. The van der Waals surface area contributed by atoms with E-state index in [0.29, 0.717) is 30.6 Å². The second-order valence-electron chi connectivity index (χ2n) is 8.22. The molecule has 0 amide bonds. The molecule has 0 bridgehead atoms. The van der Waals surface area contributed by atoms with Gasteiger partial charge in [0.2, 0.25) is 0 Å². The molecule has 2 aliphatic rings. The van der Waals surface area contributed by atoms with E-state index >= 15 is 0 Å². The van der Waals surface area contributed by atoms with Gasteiger partial charge in [-0.25, -0.2) is 29.4 Å². The molecule has 178 valence electrons. The van der Waals surface area contributed by atoms with E-state index in [-0.39, 0.29) is 36.1 Å². The first-order valence-electron chi connectivity index (χ1n) is 10.2. The highest BCUT2D eigenvalue weighted by Gasteiger charge is 2.40. The zero-order valence-corrected chi connectivity index (χ0v) is 18.1. The standard InChI is InChI=1S/C19H23F2N7O4S/c20-13-2-1-9(4-14(13)21)12-6-15(12)27-19-17(28-22)18(24-8-25-19)26-11-3-10(16(29)5-11)7-32-33(23,30)31/h1-2,4,8,10-12,15-16,22,29H,3,5-7H2,(H2,23,30,31)(H2,24,25,26,27)/t10-,11+,12-,15+,16?/m0/s1. The van der Waals surface area contributed by atoms with Crippen LogP contribution in [0.4, 0.5) is 26.1 Å². The predicted octanol–water partition coefficient (Wildman–Crippen LogP) is 2.16. The molecule has 6 N–H and O–H groups in total. The minimum Gasteiger partial charge on any atom is -0.393 e. The average Bonchev–Trinajstić information content (AvgIpc) is 3.42. The summed E-state index contributed by atoms with van der Waals surface area (Å²) in [5.74, 6) is -1.70. The van der Waals surface area contributed by atoms with Crippen LogP contribution in [0.25, 0.3) is 0 Å². The summed E-state index contributed by atoms with van der Waals surface area (Å²) >= 11 is 0. The van der Waals surface area contributed by atoms with Crippen molar-refractivity contribution in [2.45, 2.75) is 43.4 Å². The highest BCUT2D eigenvalue weighted by Crippen LogP contribution is 2.45. The second-order valence-corrected chi connectivity index (χ2v) is 9.44. The zero-order valence-electron chi connectivity index (χ0n) is 17.3. The molecule has 0 saturated heterocycles. The van der Waals surface area contributed by atoms with E-state index in [0.717, 1.165) is 6.07 Å².